The van der Waals surface area contributed by atoms with Gasteiger partial charge in [0.15, 0.2) is 0 Å². The van der Waals surface area contributed by atoms with Crippen molar-refractivity contribution in [2.24, 2.45) is 4.99 Å². The van der Waals surface area contributed by atoms with E-state index in [9.17, 15) is 0 Å². The summed E-state index contributed by atoms with van der Waals surface area (Å²) in [6, 6.07) is 21.4. The predicted octanol–water partition coefficient (Wildman–Crippen LogP) is 7.01. The molecule has 1 N–H and O–H groups in total. The molecule has 0 aromatic heterocycles. The number of rotatable bonds is 7. The van der Waals surface area contributed by atoms with E-state index in [2.05, 4.69) is 5.32 Å². The molecule has 1 aliphatic rings. The molecule has 0 amide bonds. The Morgan fingerprint density at radius 3 is 2.12 bits per heavy atom. The van der Waals surface area contributed by atoms with Gasteiger partial charge in [0.05, 0.1) is 24.3 Å². The molecule has 1 heterocycles. The molecule has 0 fully saturated rings. The number of amidine groups is 1. The highest BCUT2D eigenvalue weighted by atomic mass is 35.5. The van der Waals surface area contributed by atoms with Crippen LogP contribution in [-0.4, -0.2) is 18.5 Å². The molecule has 6 heteroatoms. The largest absolute Gasteiger partial charge is 0.494 e. The zero-order valence-electron chi connectivity index (χ0n) is 18.3. The summed E-state index contributed by atoms with van der Waals surface area (Å²) in [6.45, 7) is 6.58. The Kier molecular flexibility index (Phi) is 6.92. The van der Waals surface area contributed by atoms with Gasteiger partial charge >= 0.3 is 0 Å². The summed E-state index contributed by atoms with van der Waals surface area (Å²) in [6.07, 6.45) is 0.0201. The third-order valence-electron chi connectivity index (χ3n) is 5.20. The first-order chi connectivity index (χ1) is 15.4. The van der Waals surface area contributed by atoms with Crippen molar-refractivity contribution in [3.63, 3.8) is 0 Å². The van der Waals surface area contributed by atoms with Gasteiger partial charge in [-0.25, -0.2) is 0 Å². The summed E-state index contributed by atoms with van der Waals surface area (Å²) in [5, 5.41) is 5.03. The van der Waals surface area contributed by atoms with E-state index in [1.54, 1.807) is 0 Å². The standard InChI is InChI=1S/C26H26Cl2N2O2/c1-4-31-21-13-14-22(23(15-21)32-16(2)3)26-29-24(17-5-9-19(27)10-6-17)25(30-26)18-7-11-20(28)12-8-18/h5-16,24-25H,4H2,1-3H3,(H,29,30). The van der Waals surface area contributed by atoms with Gasteiger partial charge in [0, 0.05) is 16.1 Å². The Balaban J connectivity index is 1.76. The maximum absolute atomic E-state index is 6.13. The van der Waals surface area contributed by atoms with E-state index < -0.39 is 0 Å². The van der Waals surface area contributed by atoms with Crippen LogP contribution in [0.5, 0.6) is 11.5 Å². The second kappa shape index (κ2) is 9.85. The second-order valence-electron chi connectivity index (χ2n) is 7.91. The molecule has 3 aromatic rings. The van der Waals surface area contributed by atoms with Crippen LogP contribution in [0.3, 0.4) is 0 Å². The molecular formula is C26H26Cl2N2O2. The molecule has 166 valence electrons. The van der Waals surface area contributed by atoms with E-state index in [1.165, 1.54) is 0 Å². The number of nitrogens with one attached hydrogen (secondary N) is 1. The van der Waals surface area contributed by atoms with Crippen LogP contribution in [-0.2, 0) is 0 Å². The fraction of sp³-hybridized carbons (Fsp3) is 0.269. The molecule has 0 bridgehead atoms. The number of ether oxygens (including phenoxy) is 2. The average molecular weight is 469 g/mol. The van der Waals surface area contributed by atoms with Crippen molar-refractivity contribution >= 4 is 29.0 Å². The molecule has 0 spiro atoms. The van der Waals surface area contributed by atoms with Crippen molar-refractivity contribution < 1.29 is 9.47 Å². The average Bonchev–Trinajstić information content (AvgIpc) is 3.20. The number of nitrogens with zero attached hydrogens (tertiary/aromatic N) is 1. The molecule has 32 heavy (non-hydrogen) atoms. The van der Waals surface area contributed by atoms with Gasteiger partial charge in [-0.05, 0) is 68.3 Å². The van der Waals surface area contributed by atoms with Gasteiger partial charge in [-0.3, -0.25) is 4.99 Å². The summed E-state index contributed by atoms with van der Waals surface area (Å²) in [5.74, 6) is 2.29. The first-order valence-electron chi connectivity index (χ1n) is 10.7. The van der Waals surface area contributed by atoms with E-state index >= 15 is 0 Å². The summed E-state index contributed by atoms with van der Waals surface area (Å²) in [7, 11) is 0. The van der Waals surface area contributed by atoms with Crippen molar-refractivity contribution in [2.75, 3.05) is 6.61 Å². The number of aliphatic imine (C=N–C) groups is 1. The molecule has 4 rings (SSSR count). The van der Waals surface area contributed by atoms with Crippen molar-refractivity contribution in [3.05, 3.63) is 93.5 Å². The van der Waals surface area contributed by atoms with Crippen molar-refractivity contribution in [1.82, 2.24) is 5.32 Å². The minimum Gasteiger partial charge on any atom is -0.494 e. The highest BCUT2D eigenvalue weighted by Crippen LogP contribution is 2.39. The van der Waals surface area contributed by atoms with Gasteiger partial charge < -0.3 is 14.8 Å². The third-order valence-corrected chi connectivity index (χ3v) is 5.70. The molecule has 0 aliphatic carbocycles. The van der Waals surface area contributed by atoms with Gasteiger partial charge in [-0.2, -0.15) is 0 Å². The molecule has 4 nitrogen and oxygen atoms in total. The lowest BCUT2D eigenvalue weighted by Gasteiger charge is -2.20. The van der Waals surface area contributed by atoms with Gasteiger partial charge in [-0.15, -0.1) is 0 Å². The highest BCUT2D eigenvalue weighted by molar-refractivity contribution is 6.30. The summed E-state index contributed by atoms with van der Waals surface area (Å²) in [5.41, 5.74) is 3.08. The van der Waals surface area contributed by atoms with Gasteiger partial charge in [0.2, 0.25) is 0 Å². The van der Waals surface area contributed by atoms with Crippen LogP contribution >= 0.6 is 23.2 Å². The summed E-state index contributed by atoms with van der Waals surface area (Å²) in [4.78, 5) is 5.09. The van der Waals surface area contributed by atoms with E-state index in [0.717, 1.165) is 34.0 Å². The van der Waals surface area contributed by atoms with Crippen LogP contribution in [0.2, 0.25) is 10.0 Å². The van der Waals surface area contributed by atoms with E-state index in [1.807, 2.05) is 87.5 Å². The zero-order chi connectivity index (χ0) is 22.7. The molecule has 0 saturated heterocycles. The number of hydrogen-bond donors (Lipinski definition) is 1. The van der Waals surface area contributed by atoms with Gasteiger partial charge in [-0.1, -0.05) is 47.5 Å². The van der Waals surface area contributed by atoms with E-state index in [4.69, 9.17) is 37.7 Å². The van der Waals surface area contributed by atoms with Crippen LogP contribution in [0.25, 0.3) is 0 Å². The Bertz CT molecular complexity index is 1100. The topological polar surface area (TPSA) is 42.8 Å². The minimum atomic E-state index is -0.123. The summed E-state index contributed by atoms with van der Waals surface area (Å²) < 4.78 is 11.8. The number of hydrogen-bond acceptors (Lipinski definition) is 4. The molecule has 3 aromatic carbocycles. The van der Waals surface area contributed by atoms with E-state index in [-0.39, 0.29) is 18.2 Å². The fourth-order valence-electron chi connectivity index (χ4n) is 3.79. The maximum Gasteiger partial charge on any atom is 0.134 e. The predicted molar refractivity (Wildman–Crippen MR) is 131 cm³/mol. The van der Waals surface area contributed by atoms with Crippen LogP contribution < -0.4 is 14.8 Å². The van der Waals surface area contributed by atoms with Crippen molar-refractivity contribution in [3.8, 4) is 11.5 Å². The second-order valence-corrected chi connectivity index (χ2v) is 8.78. The Morgan fingerprint density at radius 1 is 0.906 bits per heavy atom. The quantitative estimate of drug-likeness (QED) is 0.405. The smallest absolute Gasteiger partial charge is 0.134 e. The fourth-order valence-corrected chi connectivity index (χ4v) is 4.05. The normalized spacial score (nSPS) is 17.8. The van der Waals surface area contributed by atoms with Gasteiger partial charge in [0.25, 0.3) is 0 Å². The Labute approximate surface area is 199 Å². The first-order valence-corrected chi connectivity index (χ1v) is 11.5. The first kappa shape index (κ1) is 22.5. The van der Waals surface area contributed by atoms with Crippen LogP contribution in [0.4, 0.5) is 0 Å². The summed E-state index contributed by atoms with van der Waals surface area (Å²) >= 11 is 12.3. The number of halogens is 2. The van der Waals surface area contributed by atoms with Crippen molar-refractivity contribution in [2.45, 2.75) is 39.0 Å². The monoisotopic (exact) mass is 468 g/mol. The van der Waals surface area contributed by atoms with E-state index in [0.29, 0.717) is 16.7 Å². The number of benzene rings is 3. The molecule has 0 saturated carbocycles. The third kappa shape index (κ3) is 5.03. The van der Waals surface area contributed by atoms with Crippen molar-refractivity contribution in [1.29, 1.82) is 0 Å². The van der Waals surface area contributed by atoms with Gasteiger partial charge in [0.1, 0.15) is 23.4 Å². The van der Waals surface area contributed by atoms with Crippen LogP contribution in [0.15, 0.2) is 71.7 Å². The Hall–Kier alpha value is -2.69. The lowest BCUT2D eigenvalue weighted by molar-refractivity contribution is 0.240. The SMILES string of the molecule is CCOc1ccc(C2=NC(c3ccc(Cl)cc3)C(c3ccc(Cl)cc3)N2)c(OC(C)C)c1. The molecule has 2 atom stereocenters. The minimum absolute atomic E-state index is 0.0201. The molecule has 1 aliphatic heterocycles. The zero-order valence-corrected chi connectivity index (χ0v) is 19.8. The van der Waals surface area contributed by atoms with Crippen LogP contribution in [0, 0.1) is 0 Å². The molecule has 0 radical (unpaired) electrons. The molecular weight excluding hydrogens is 443 g/mol. The lowest BCUT2D eigenvalue weighted by atomic mass is 9.95. The highest BCUT2D eigenvalue weighted by Gasteiger charge is 2.33. The lowest BCUT2D eigenvalue weighted by Crippen LogP contribution is -2.26. The molecule has 2 unspecified atom stereocenters. The van der Waals surface area contributed by atoms with Crippen LogP contribution in [0.1, 0.15) is 49.5 Å². The Morgan fingerprint density at radius 2 is 1.53 bits per heavy atom. The maximum atomic E-state index is 6.13.